The molecule has 1 aromatic carbocycles. The van der Waals surface area contributed by atoms with Crippen LogP contribution in [0.3, 0.4) is 0 Å². The van der Waals surface area contributed by atoms with Crippen molar-refractivity contribution in [1.29, 1.82) is 0 Å². The van der Waals surface area contributed by atoms with Gasteiger partial charge in [-0.3, -0.25) is 4.79 Å². The minimum Gasteiger partial charge on any atom is -0.867 e. The number of carboxylic acid groups (broad SMARTS) is 1. The van der Waals surface area contributed by atoms with Gasteiger partial charge in [0.25, 0.3) is 0 Å². The van der Waals surface area contributed by atoms with Crippen LogP contribution in [-0.4, -0.2) is 16.9 Å². The summed E-state index contributed by atoms with van der Waals surface area (Å²) in [6.07, 6.45) is 1.77. The fourth-order valence-corrected chi connectivity index (χ4v) is 2.05. The van der Waals surface area contributed by atoms with Crippen molar-refractivity contribution in [3.8, 4) is 0 Å². The van der Waals surface area contributed by atoms with Crippen LogP contribution in [0.15, 0.2) is 51.7 Å². The average molecular weight is 381 g/mol. The molecule has 0 heterocycles. The Morgan fingerprint density at radius 2 is 1.59 bits per heavy atom. The molecule has 0 aliphatic heterocycles. The van der Waals surface area contributed by atoms with E-state index >= 15 is 0 Å². The highest BCUT2D eigenvalue weighted by molar-refractivity contribution is 6.62. The number of carboxylic acids is 1. The van der Waals surface area contributed by atoms with Crippen molar-refractivity contribution in [2.24, 2.45) is 0 Å². The van der Waals surface area contributed by atoms with E-state index < -0.39 is 22.5 Å². The van der Waals surface area contributed by atoms with Gasteiger partial charge in [0, 0.05) is 10.1 Å². The number of hydrogen-bond acceptors (Lipinski definition) is 3. The van der Waals surface area contributed by atoms with Crippen LogP contribution in [-0.2, 0) is 9.59 Å². The van der Waals surface area contributed by atoms with Gasteiger partial charge in [0.2, 0.25) is 0 Å². The van der Waals surface area contributed by atoms with Gasteiger partial charge in [-0.1, -0.05) is 58.5 Å². The van der Waals surface area contributed by atoms with Crippen LogP contribution >= 0.6 is 46.4 Å². The standard InChI is InChI=1S/C14H8Cl4O4/c15-8-3-1-7(2-4-8)11(13(17)18)10(19)6-5-9(16)12(20)14(21)22/h1-6,20H,(H,21,22)/p-1/b6-5+,12-9+. The van der Waals surface area contributed by atoms with Gasteiger partial charge < -0.3 is 10.2 Å². The van der Waals surface area contributed by atoms with Crippen molar-refractivity contribution in [2.75, 3.05) is 0 Å². The Bertz CT molecular complexity index is 683. The Balaban J connectivity index is 3.13. The molecule has 8 heteroatoms. The number of halogens is 4. The fourth-order valence-electron chi connectivity index (χ4n) is 1.37. The number of allylic oxidation sites excluding steroid dienone is 4. The lowest BCUT2D eigenvalue weighted by atomic mass is 10.0. The minimum absolute atomic E-state index is 0.0384. The molecule has 116 valence electrons. The summed E-state index contributed by atoms with van der Waals surface area (Å²) in [5.74, 6) is -3.72. The smallest absolute Gasteiger partial charge is 0.321 e. The summed E-state index contributed by atoms with van der Waals surface area (Å²) in [5, 5.41) is 19.4. The first-order valence-corrected chi connectivity index (χ1v) is 7.09. The molecule has 0 saturated heterocycles. The van der Waals surface area contributed by atoms with Crippen LogP contribution in [0.5, 0.6) is 0 Å². The summed E-state index contributed by atoms with van der Waals surface area (Å²) in [6, 6.07) is 6.14. The minimum atomic E-state index is -1.73. The maximum atomic E-state index is 12.1. The van der Waals surface area contributed by atoms with E-state index in [1.165, 1.54) is 24.3 Å². The first-order valence-electron chi connectivity index (χ1n) is 5.57. The zero-order chi connectivity index (χ0) is 16.9. The fraction of sp³-hybridized carbons (Fsp3) is 0. The van der Waals surface area contributed by atoms with Crippen LogP contribution in [0, 0.1) is 0 Å². The summed E-state index contributed by atoms with van der Waals surface area (Å²) in [4.78, 5) is 22.5. The van der Waals surface area contributed by atoms with Crippen LogP contribution < -0.4 is 5.11 Å². The highest BCUT2D eigenvalue weighted by atomic mass is 35.5. The van der Waals surface area contributed by atoms with E-state index in [0.29, 0.717) is 10.6 Å². The van der Waals surface area contributed by atoms with Crippen molar-refractivity contribution in [1.82, 2.24) is 0 Å². The molecule has 4 nitrogen and oxygen atoms in total. The van der Waals surface area contributed by atoms with Crippen LogP contribution in [0.25, 0.3) is 5.57 Å². The Labute approximate surface area is 145 Å². The highest BCUT2D eigenvalue weighted by Crippen LogP contribution is 2.27. The van der Waals surface area contributed by atoms with Crippen LogP contribution in [0.2, 0.25) is 5.02 Å². The molecule has 0 aliphatic rings. The first kappa shape index (κ1) is 18.6. The van der Waals surface area contributed by atoms with Crippen LogP contribution in [0.1, 0.15) is 5.56 Å². The van der Waals surface area contributed by atoms with E-state index in [4.69, 9.17) is 51.5 Å². The van der Waals surface area contributed by atoms with Gasteiger partial charge in [0.05, 0.1) is 5.57 Å². The molecule has 0 aliphatic carbocycles. The second-order valence-electron chi connectivity index (χ2n) is 3.82. The zero-order valence-electron chi connectivity index (χ0n) is 10.6. The molecule has 1 N–H and O–H groups in total. The maximum Gasteiger partial charge on any atom is 0.321 e. The Hall–Kier alpha value is -1.46. The second kappa shape index (κ2) is 8.25. The third-order valence-electron chi connectivity index (χ3n) is 2.36. The van der Waals surface area contributed by atoms with Crippen molar-refractivity contribution >= 4 is 63.7 Å². The van der Waals surface area contributed by atoms with E-state index in [2.05, 4.69) is 0 Å². The molecule has 0 bridgehead atoms. The summed E-state index contributed by atoms with van der Waals surface area (Å²) in [7, 11) is 0. The summed E-state index contributed by atoms with van der Waals surface area (Å²) in [6.45, 7) is 0. The van der Waals surface area contributed by atoms with Gasteiger partial charge >= 0.3 is 5.97 Å². The molecular weight excluding hydrogens is 374 g/mol. The Kier molecular flexibility index (Phi) is 6.97. The largest absolute Gasteiger partial charge is 0.867 e. The molecule has 0 spiro atoms. The SMILES string of the molecule is O=C(/C=C/C(Cl)=C(\[O-])C(=O)O)C(=C(Cl)Cl)c1ccc(Cl)cc1. The Morgan fingerprint density at radius 1 is 1.05 bits per heavy atom. The number of rotatable bonds is 5. The van der Waals surface area contributed by atoms with E-state index in [1.807, 2.05) is 0 Å². The maximum absolute atomic E-state index is 12.1. The van der Waals surface area contributed by atoms with Gasteiger partial charge in [-0.25, -0.2) is 4.79 Å². The predicted molar refractivity (Wildman–Crippen MR) is 84.7 cm³/mol. The molecule has 0 atom stereocenters. The van der Waals surface area contributed by atoms with Gasteiger partial charge in [-0.15, -0.1) is 0 Å². The predicted octanol–water partition coefficient (Wildman–Crippen LogP) is 3.51. The number of aliphatic carboxylic acids is 1. The van der Waals surface area contributed by atoms with Gasteiger partial charge in [-0.05, 0) is 35.6 Å². The lowest BCUT2D eigenvalue weighted by Gasteiger charge is -2.07. The van der Waals surface area contributed by atoms with Gasteiger partial charge in [0.1, 0.15) is 4.49 Å². The van der Waals surface area contributed by atoms with Crippen LogP contribution in [0.4, 0.5) is 0 Å². The third kappa shape index (κ3) is 5.07. The summed E-state index contributed by atoms with van der Waals surface area (Å²) in [5.41, 5.74) is 0.364. The zero-order valence-corrected chi connectivity index (χ0v) is 13.7. The van der Waals surface area contributed by atoms with E-state index in [0.717, 1.165) is 12.2 Å². The number of carbonyl (C=O) groups is 2. The molecule has 1 aromatic rings. The normalized spacial score (nSPS) is 12.0. The molecule has 1 rings (SSSR count). The number of hydrogen-bond donors (Lipinski definition) is 1. The summed E-state index contributed by atoms with van der Waals surface area (Å²) < 4.78 is -0.294. The van der Waals surface area contributed by atoms with Gasteiger partial charge in [-0.2, -0.15) is 0 Å². The lowest BCUT2D eigenvalue weighted by molar-refractivity contribution is -0.303. The van der Waals surface area contributed by atoms with Gasteiger partial charge in [0.15, 0.2) is 5.78 Å². The molecule has 22 heavy (non-hydrogen) atoms. The topological polar surface area (TPSA) is 77.4 Å². The van der Waals surface area contributed by atoms with E-state index in [-0.39, 0.29) is 10.1 Å². The molecule has 0 radical (unpaired) electrons. The Morgan fingerprint density at radius 3 is 2.05 bits per heavy atom. The average Bonchev–Trinajstić information content (AvgIpc) is 2.45. The number of benzene rings is 1. The van der Waals surface area contributed by atoms with Crippen molar-refractivity contribution in [3.63, 3.8) is 0 Å². The third-order valence-corrected chi connectivity index (χ3v) is 3.29. The quantitative estimate of drug-likeness (QED) is 0.481. The molecule has 0 saturated carbocycles. The van der Waals surface area contributed by atoms with Crippen molar-refractivity contribution in [3.05, 3.63) is 62.3 Å². The molecule has 0 aromatic heterocycles. The molecule has 0 fully saturated rings. The monoisotopic (exact) mass is 379 g/mol. The highest BCUT2D eigenvalue weighted by Gasteiger charge is 2.14. The van der Waals surface area contributed by atoms with E-state index in [9.17, 15) is 14.7 Å². The molecular formula is C14H7Cl4O4-. The number of ketones is 1. The lowest BCUT2D eigenvalue weighted by Crippen LogP contribution is -2.15. The number of carbonyl (C=O) groups excluding carboxylic acids is 1. The van der Waals surface area contributed by atoms with E-state index in [1.54, 1.807) is 0 Å². The van der Waals surface area contributed by atoms with Crippen molar-refractivity contribution < 1.29 is 19.8 Å². The van der Waals surface area contributed by atoms with Crippen molar-refractivity contribution in [2.45, 2.75) is 0 Å². The first-order chi connectivity index (χ1) is 10.2. The molecule has 0 unspecified atom stereocenters. The second-order valence-corrected chi connectivity index (χ2v) is 5.62. The summed E-state index contributed by atoms with van der Waals surface area (Å²) >= 11 is 22.6. The molecule has 0 amide bonds.